The van der Waals surface area contributed by atoms with Crippen molar-refractivity contribution in [2.45, 2.75) is 17.4 Å². The fraction of sp³-hybridized carbons (Fsp3) is 0.158. The van der Waals surface area contributed by atoms with Crippen molar-refractivity contribution < 1.29 is 18.7 Å². The third-order valence-corrected chi connectivity index (χ3v) is 4.89. The lowest BCUT2D eigenvalue weighted by Gasteiger charge is -2.09. The van der Waals surface area contributed by atoms with Gasteiger partial charge in [-0.3, -0.25) is 4.79 Å². The summed E-state index contributed by atoms with van der Waals surface area (Å²) in [6, 6.07) is 14.0. The number of amides is 1. The number of anilines is 1. The van der Waals surface area contributed by atoms with Gasteiger partial charge in [0, 0.05) is 11.3 Å². The van der Waals surface area contributed by atoms with Crippen LogP contribution in [0.5, 0.6) is 11.5 Å². The third kappa shape index (κ3) is 3.77. The number of carbonyl (C=O) groups is 1. The summed E-state index contributed by atoms with van der Waals surface area (Å²) in [6.07, 6.45) is 0. The zero-order valence-corrected chi connectivity index (χ0v) is 15.5. The highest BCUT2D eigenvalue weighted by molar-refractivity contribution is 8.00. The van der Waals surface area contributed by atoms with Crippen molar-refractivity contribution in [2.75, 3.05) is 12.1 Å². The van der Waals surface area contributed by atoms with Gasteiger partial charge >= 0.3 is 0 Å². The van der Waals surface area contributed by atoms with Gasteiger partial charge in [0.15, 0.2) is 11.5 Å². The second-order valence-electron chi connectivity index (χ2n) is 5.88. The summed E-state index contributed by atoms with van der Waals surface area (Å²) in [6.45, 7) is 1.93. The molecule has 140 valence electrons. The molecule has 0 unspecified atom stereocenters. The van der Waals surface area contributed by atoms with Gasteiger partial charge in [-0.1, -0.05) is 11.8 Å². The van der Waals surface area contributed by atoms with Crippen molar-refractivity contribution in [1.82, 2.24) is 10.2 Å². The molecule has 2 heterocycles. The Kier molecular flexibility index (Phi) is 4.87. The first-order valence-electron chi connectivity index (χ1n) is 8.33. The number of benzene rings is 2. The molecule has 0 bridgehead atoms. The second kappa shape index (κ2) is 7.62. The monoisotopic (exact) mass is 394 g/mol. The summed E-state index contributed by atoms with van der Waals surface area (Å²) in [7, 11) is 0. The Morgan fingerprint density at radius 2 is 1.96 bits per heavy atom. The van der Waals surface area contributed by atoms with Crippen LogP contribution < -0.4 is 14.8 Å². The van der Waals surface area contributed by atoms with Gasteiger partial charge < -0.3 is 19.2 Å². The quantitative estimate of drug-likeness (QED) is 0.655. The summed E-state index contributed by atoms with van der Waals surface area (Å²) in [5.41, 5.74) is 1.85. The van der Waals surface area contributed by atoms with E-state index in [-0.39, 0.29) is 17.9 Å². The Morgan fingerprint density at radius 3 is 2.75 bits per heavy atom. The number of nitrogens with one attached hydrogen (secondary N) is 1. The molecular formula is C19H14N4O4S. The molecule has 28 heavy (non-hydrogen) atoms. The molecule has 0 saturated carbocycles. The molecule has 8 nitrogen and oxygen atoms in total. The van der Waals surface area contributed by atoms with Crippen LogP contribution in [0.3, 0.4) is 0 Å². The van der Waals surface area contributed by atoms with Crippen LogP contribution in [0.15, 0.2) is 52.1 Å². The molecule has 1 aliphatic rings. The zero-order valence-electron chi connectivity index (χ0n) is 14.7. The topological polar surface area (TPSA) is 110 Å². The molecule has 0 radical (unpaired) electrons. The number of aromatic nitrogens is 2. The number of hydrogen-bond acceptors (Lipinski definition) is 8. The Hall–Kier alpha value is -3.51. The molecule has 0 spiro atoms. The fourth-order valence-electron chi connectivity index (χ4n) is 2.48. The van der Waals surface area contributed by atoms with E-state index in [1.807, 2.05) is 6.07 Å². The molecule has 3 aromatic rings. The highest BCUT2D eigenvalue weighted by atomic mass is 32.2. The number of nitriles is 1. The molecule has 1 amide bonds. The lowest BCUT2D eigenvalue weighted by Crippen LogP contribution is -2.22. The van der Waals surface area contributed by atoms with E-state index in [2.05, 4.69) is 15.5 Å². The number of carbonyl (C=O) groups excluding carboxylic acids is 1. The van der Waals surface area contributed by atoms with Crippen LogP contribution in [0.2, 0.25) is 0 Å². The summed E-state index contributed by atoms with van der Waals surface area (Å²) in [5.74, 6) is 1.42. The van der Waals surface area contributed by atoms with Gasteiger partial charge in [-0.2, -0.15) is 5.26 Å². The summed E-state index contributed by atoms with van der Waals surface area (Å²) < 4.78 is 16.3. The van der Waals surface area contributed by atoms with Crippen molar-refractivity contribution in [1.29, 1.82) is 5.26 Å². The summed E-state index contributed by atoms with van der Waals surface area (Å²) in [4.78, 5) is 12.4. The largest absolute Gasteiger partial charge is 0.454 e. The van der Waals surface area contributed by atoms with Crippen molar-refractivity contribution >= 4 is 23.4 Å². The zero-order chi connectivity index (χ0) is 19.5. The maximum absolute atomic E-state index is 12.4. The minimum atomic E-state index is -0.458. The van der Waals surface area contributed by atoms with E-state index in [0.717, 1.165) is 11.8 Å². The number of ether oxygens (including phenoxy) is 2. The minimum absolute atomic E-state index is 0.190. The Morgan fingerprint density at radius 1 is 1.18 bits per heavy atom. The number of rotatable bonds is 5. The van der Waals surface area contributed by atoms with E-state index < -0.39 is 5.25 Å². The predicted molar refractivity (Wildman–Crippen MR) is 101 cm³/mol. The first kappa shape index (κ1) is 17.9. The van der Waals surface area contributed by atoms with Gasteiger partial charge in [0.05, 0.1) is 16.9 Å². The SMILES string of the molecule is C[C@@H](Sc1nnc(-c2ccc3c(c2)OCO3)o1)C(=O)Nc1ccc(C#N)cc1. The van der Waals surface area contributed by atoms with Gasteiger partial charge in [-0.25, -0.2) is 0 Å². The first-order chi connectivity index (χ1) is 13.6. The molecule has 1 N–H and O–H groups in total. The van der Waals surface area contributed by atoms with Crippen LogP contribution in [0.4, 0.5) is 5.69 Å². The molecule has 4 rings (SSSR count). The maximum Gasteiger partial charge on any atom is 0.277 e. The van der Waals surface area contributed by atoms with E-state index in [0.29, 0.717) is 34.2 Å². The van der Waals surface area contributed by atoms with Crippen molar-refractivity contribution in [3.63, 3.8) is 0 Å². The summed E-state index contributed by atoms with van der Waals surface area (Å²) in [5, 5.41) is 19.5. The van der Waals surface area contributed by atoms with Crippen LogP contribution in [0, 0.1) is 11.3 Å². The predicted octanol–water partition coefficient (Wildman–Crippen LogP) is 3.46. The maximum atomic E-state index is 12.4. The first-order valence-corrected chi connectivity index (χ1v) is 9.21. The van der Waals surface area contributed by atoms with E-state index in [4.69, 9.17) is 19.2 Å². The average molecular weight is 394 g/mol. The van der Waals surface area contributed by atoms with E-state index in [9.17, 15) is 4.79 Å². The normalized spacial score (nSPS) is 13.0. The molecule has 9 heteroatoms. The van der Waals surface area contributed by atoms with Crippen LogP contribution in [0.25, 0.3) is 11.5 Å². The van der Waals surface area contributed by atoms with Crippen molar-refractivity contribution in [2.24, 2.45) is 0 Å². The Balaban J connectivity index is 1.40. The molecule has 0 fully saturated rings. The smallest absolute Gasteiger partial charge is 0.277 e. The molecule has 0 aliphatic carbocycles. The lowest BCUT2D eigenvalue weighted by atomic mass is 10.2. The molecule has 1 aliphatic heterocycles. The van der Waals surface area contributed by atoms with E-state index >= 15 is 0 Å². The number of fused-ring (bicyclic) bond motifs is 1. The van der Waals surface area contributed by atoms with Crippen molar-refractivity contribution in [3.8, 4) is 29.0 Å². The van der Waals surface area contributed by atoms with E-state index in [1.54, 1.807) is 49.4 Å². The number of hydrogen-bond donors (Lipinski definition) is 1. The summed E-state index contributed by atoms with van der Waals surface area (Å²) >= 11 is 1.16. The van der Waals surface area contributed by atoms with Gasteiger partial charge in [0.25, 0.3) is 5.22 Å². The molecular weight excluding hydrogens is 380 g/mol. The van der Waals surface area contributed by atoms with Crippen LogP contribution in [-0.4, -0.2) is 28.1 Å². The molecule has 0 saturated heterocycles. The van der Waals surface area contributed by atoms with E-state index in [1.165, 1.54) is 0 Å². The minimum Gasteiger partial charge on any atom is -0.454 e. The van der Waals surface area contributed by atoms with Crippen LogP contribution in [0.1, 0.15) is 12.5 Å². The van der Waals surface area contributed by atoms with Gasteiger partial charge in [0.2, 0.25) is 18.6 Å². The number of nitrogens with zero attached hydrogens (tertiary/aromatic N) is 3. The van der Waals surface area contributed by atoms with Crippen LogP contribution >= 0.6 is 11.8 Å². The fourth-order valence-corrected chi connectivity index (χ4v) is 3.16. The van der Waals surface area contributed by atoms with Gasteiger partial charge in [-0.05, 0) is 49.4 Å². The average Bonchev–Trinajstić information content (AvgIpc) is 3.37. The van der Waals surface area contributed by atoms with Gasteiger partial charge in [0.1, 0.15) is 0 Å². The molecule has 1 atom stereocenters. The highest BCUT2D eigenvalue weighted by Crippen LogP contribution is 2.36. The molecule has 2 aromatic carbocycles. The standard InChI is InChI=1S/C19H14N4O4S/c1-11(17(24)21-14-5-2-12(9-20)3-6-14)28-19-23-22-18(27-19)13-4-7-15-16(8-13)26-10-25-15/h2-8,11H,10H2,1H3,(H,21,24)/t11-/m1/s1. The van der Waals surface area contributed by atoms with Gasteiger partial charge in [-0.15, -0.1) is 10.2 Å². The second-order valence-corrected chi connectivity index (χ2v) is 7.17. The lowest BCUT2D eigenvalue weighted by molar-refractivity contribution is -0.115. The third-order valence-electron chi connectivity index (χ3n) is 3.95. The highest BCUT2D eigenvalue weighted by Gasteiger charge is 2.20. The van der Waals surface area contributed by atoms with Crippen LogP contribution in [-0.2, 0) is 4.79 Å². The van der Waals surface area contributed by atoms with Crippen molar-refractivity contribution in [3.05, 3.63) is 48.0 Å². The number of thioether (sulfide) groups is 1. The Labute approximate surface area is 164 Å². The molecule has 1 aromatic heterocycles. The Bertz CT molecular complexity index is 1060.